The zero-order valence-corrected chi connectivity index (χ0v) is 12.1. The number of primary amides is 1. The minimum atomic E-state index is -0.442. The maximum absolute atomic E-state index is 12.2. The molecule has 4 nitrogen and oxygen atoms in total. The molecule has 3 N–H and O–H groups in total. The zero-order valence-electron chi connectivity index (χ0n) is 11.3. The lowest BCUT2D eigenvalue weighted by Gasteiger charge is -2.10. The quantitative estimate of drug-likeness (QED) is 0.834. The third-order valence-corrected chi connectivity index (χ3v) is 3.31. The molecule has 108 valence electrons. The van der Waals surface area contributed by atoms with Gasteiger partial charge in [-0.2, -0.15) is 0 Å². The smallest absolute Gasteiger partial charge is 0.255 e. The first-order chi connectivity index (χ1) is 10.1. The van der Waals surface area contributed by atoms with Crippen molar-refractivity contribution in [3.05, 3.63) is 65.2 Å². The Kier molecular flexibility index (Phi) is 4.95. The summed E-state index contributed by atoms with van der Waals surface area (Å²) in [6, 6.07) is 14.1. The fraction of sp³-hybridized carbons (Fsp3) is 0.125. The summed E-state index contributed by atoms with van der Waals surface area (Å²) in [7, 11) is 0. The van der Waals surface area contributed by atoms with Gasteiger partial charge in [-0.3, -0.25) is 9.59 Å². The highest BCUT2D eigenvalue weighted by atomic mass is 35.5. The van der Waals surface area contributed by atoms with Gasteiger partial charge in [-0.25, -0.2) is 0 Å². The molecular weight excluding hydrogens is 288 g/mol. The number of benzene rings is 2. The molecule has 21 heavy (non-hydrogen) atoms. The number of nitrogens with one attached hydrogen (secondary N) is 1. The maximum Gasteiger partial charge on any atom is 0.255 e. The number of alkyl halides is 1. The molecule has 0 aliphatic carbocycles. The molecular formula is C16H15ClN2O2. The second kappa shape index (κ2) is 6.90. The lowest BCUT2D eigenvalue weighted by molar-refractivity contribution is -0.117. The van der Waals surface area contributed by atoms with Crippen LogP contribution >= 0.6 is 11.6 Å². The van der Waals surface area contributed by atoms with E-state index in [0.717, 1.165) is 5.56 Å². The number of nitrogens with two attached hydrogens (primary N) is 1. The number of carbonyl (C=O) groups is 2. The van der Waals surface area contributed by atoms with Crippen LogP contribution in [0.2, 0.25) is 0 Å². The first kappa shape index (κ1) is 15.1. The Balaban J connectivity index is 2.17. The predicted octanol–water partition coefficient (Wildman–Crippen LogP) is 2.71. The molecule has 0 heterocycles. The number of carbonyl (C=O) groups excluding carboxylic acids is 2. The minimum absolute atomic E-state index is 0.0850. The predicted molar refractivity (Wildman–Crippen MR) is 83.3 cm³/mol. The molecule has 0 atom stereocenters. The molecule has 0 saturated heterocycles. The largest absolute Gasteiger partial charge is 0.369 e. The van der Waals surface area contributed by atoms with Crippen LogP contribution in [0.15, 0.2) is 48.5 Å². The molecule has 2 aromatic rings. The Labute approximate surface area is 127 Å². The van der Waals surface area contributed by atoms with Crippen LogP contribution in [0.1, 0.15) is 21.5 Å². The Hall–Kier alpha value is -2.33. The van der Waals surface area contributed by atoms with Crippen LogP contribution in [0.25, 0.3) is 0 Å². The van der Waals surface area contributed by atoms with Crippen molar-refractivity contribution in [3.63, 3.8) is 0 Å². The second-order valence-electron chi connectivity index (χ2n) is 4.58. The molecule has 0 saturated carbocycles. The van der Waals surface area contributed by atoms with Gasteiger partial charge in [0.2, 0.25) is 5.91 Å². The number of halogens is 1. The highest BCUT2D eigenvalue weighted by molar-refractivity contribution is 6.17. The van der Waals surface area contributed by atoms with Crippen LogP contribution in [0.3, 0.4) is 0 Å². The average Bonchev–Trinajstić information content (AvgIpc) is 2.49. The SMILES string of the molecule is NC(=O)Cc1ccccc1NC(=O)c1ccc(CCl)cc1. The fourth-order valence-electron chi connectivity index (χ4n) is 1.92. The molecule has 0 spiro atoms. The van der Waals surface area contributed by atoms with Crippen molar-refractivity contribution in [2.24, 2.45) is 5.73 Å². The number of para-hydroxylation sites is 1. The Morgan fingerprint density at radius 1 is 1.05 bits per heavy atom. The lowest BCUT2D eigenvalue weighted by Crippen LogP contribution is -2.17. The molecule has 0 aliphatic rings. The van der Waals surface area contributed by atoms with Crippen molar-refractivity contribution in [1.29, 1.82) is 0 Å². The summed E-state index contributed by atoms with van der Waals surface area (Å²) in [5, 5.41) is 2.79. The van der Waals surface area contributed by atoms with Gasteiger partial charge in [0.05, 0.1) is 6.42 Å². The van der Waals surface area contributed by atoms with E-state index in [1.165, 1.54) is 0 Å². The standard InChI is InChI=1S/C16H15ClN2O2/c17-10-11-5-7-12(8-6-11)16(21)19-14-4-2-1-3-13(14)9-15(18)20/h1-8H,9-10H2,(H2,18,20)(H,19,21). The van der Waals surface area contributed by atoms with Crippen molar-refractivity contribution in [3.8, 4) is 0 Å². The van der Waals surface area contributed by atoms with Crippen molar-refractivity contribution in [2.45, 2.75) is 12.3 Å². The molecule has 5 heteroatoms. The third-order valence-electron chi connectivity index (χ3n) is 3.00. The summed E-state index contributed by atoms with van der Waals surface area (Å²) in [5.41, 5.74) is 7.95. The van der Waals surface area contributed by atoms with Gasteiger partial charge in [0.25, 0.3) is 5.91 Å². The van der Waals surface area contributed by atoms with Crippen molar-refractivity contribution >= 4 is 29.1 Å². The highest BCUT2D eigenvalue weighted by Gasteiger charge is 2.10. The van der Waals surface area contributed by atoms with Crippen molar-refractivity contribution in [2.75, 3.05) is 5.32 Å². The van der Waals surface area contributed by atoms with Gasteiger partial charge in [-0.15, -0.1) is 11.6 Å². The van der Waals surface area contributed by atoms with Gasteiger partial charge < -0.3 is 11.1 Å². The van der Waals surface area contributed by atoms with Crippen LogP contribution < -0.4 is 11.1 Å². The molecule has 0 aliphatic heterocycles. The normalized spacial score (nSPS) is 10.1. The first-order valence-corrected chi connectivity index (χ1v) is 6.96. The van der Waals surface area contributed by atoms with E-state index in [0.29, 0.717) is 22.7 Å². The number of anilines is 1. The van der Waals surface area contributed by atoms with Gasteiger partial charge >= 0.3 is 0 Å². The first-order valence-electron chi connectivity index (χ1n) is 6.42. The number of amides is 2. The van der Waals surface area contributed by atoms with Gasteiger partial charge in [0.15, 0.2) is 0 Å². The van der Waals surface area contributed by atoms with Crippen molar-refractivity contribution < 1.29 is 9.59 Å². The molecule has 2 rings (SSSR count). The average molecular weight is 303 g/mol. The van der Waals surface area contributed by atoms with Crippen LogP contribution in [-0.2, 0) is 17.1 Å². The van der Waals surface area contributed by atoms with Crippen molar-refractivity contribution in [1.82, 2.24) is 0 Å². The van der Waals surface area contributed by atoms with E-state index in [1.807, 2.05) is 0 Å². The van der Waals surface area contributed by atoms with Crippen LogP contribution in [-0.4, -0.2) is 11.8 Å². The van der Waals surface area contributed by atoms with Gasteiger partial charge in [0.1, 0.15) is 0 Å². The van der Waals surface area contributed by atoms with Crippen LogP contribution in [0.4, 0.5) is 5.69 Å². The van der Waals surface area contributed by atoms with E-state index in [-0.39, 0.29) is 12.3 Å². The lowest BCUT2D eigenvalue weighted by atomic mass is 10.1. The molecule has 2 amide bonds. The summed E-state index contributed by atoms with van der Waals surface area (Å²) in [4.78, 5) is 23.2. The molecule has 2 aromatic carbocycles. The molecule has 0 fully saturated rings. The summed E-state index contributed by atoms with van der Waals surface area (Å²) in [5.74, 6) is -0.278. The number of rotatable bonds is 5. The summed E-state index contributed by atoms with van der Waals surface area (Å²) < 4.78 is 0. The van der Waals surface area contributed by atoms with E-state index in [9.17, 15) is 9.59 Å². The topological polar surface area (TPSA) is 72.2 Å². The number of hydrogen-bond donors (Lipinski definition) is 2. The Bertz CT molecular complexity index is 654. The summed E-state index contributed by atoms with van der Waals surface area (Å²) in [6.45, 7) is 0. The van der Waals surface area contributed by atoms with E-state index in [4.69, 9.17) is 17.3 Å². The van der Waals surface area contributed by atoms with E-state index < -0.39 is 5.91 Å². The van der Waals surface area contributed by atoms with E-state index >= 15 is 0 Å². The molecule has 0 bridgehead atoms. The molecule has 0 aromatic heterocycles. The maximum atomic E-state index is 12.2. The van der Waals surface area contributed by atoms with Gasteiger partial charge in [-0.1, -0.05) is 30.3 Å². The highest BCUT2D eigenvalue weighted by Crippen LogP contribution is 2.17. The minimum Gasteiger partial charge on any atom is -0.369 e. The van der Waals surface area contributed by atoms with E-state index in [2.05, 4.69) is 5.32 Å². The van der Waals surface area contributed by atoms with Crippen LogP contribution in [0, 0.1) is 0 Å². The Morgan fingerprint density at radius 2 is 1.71 bits per heavy atom. The molecule has 0 radical (unpaired) electrons. The van der Waals surface area contributed by atoms with Crippen LogP contribution in [0.5, 0.6) is 0 Å². The van der Waals surface area contributed by atoms with Gasteiger partial charge in [-0.05, 0) is 29.3 Å². The third kappa shape index (κ3) is 4.07. The number of hydrogen-bond acceptors (Lipinski definition) is 2. The fourth-order valence-corrected chi connectivity index (χ4v) is 2.10. The van der Waals surface area contributed by atoms with Gasteiger partial charge in [0, 0.05) is 17.1 Å². The Morgan fingerprint density at radius 3 is 2.33 bits per heavy atom. The second-order valence-corrected chi connectivity index (χ2v) is 4.85. The zero-order chi connectivity index (χ0) is 15.2. The summed E-state index contributed by atoms with van der Waals surface area (Å²) in [6.07, 6.45) is 0.0850. The molecule has 0 unspecified atom stereocenters. The monoisotopic (exact) mass is 302 g/mol. The van der Waals surface area contributed by atoms with E-state index in [1.54, 1.807) is 48.5 Å². The summed E-state index contributed by atoms with van der Waals surface area (Å²) >= 11 is 5.71.